The first-order valence-electron chi connectivity index (χ1n) is 7.02. The molecule has 1 atom stereocenters. The van der Waals surface area contributed by atoms with Gasteiger partial charge in [0.1, 0.15) is 11.5 Å². The van der Waals surface area contributed by atoms with Crippen LogP contribution in [0.2, 0.25) is 0 Å². The van der Waals surface area contributed by atoms with Gasteiger partial charge in [0.2, 0.25) is 0 Å². The van der Waals surface area contributed by atoms with Crippen molar-refractivity contribution in [3.05, 3.63) is 58.7 Å². The summed E-state index contributed by atoms with van der Waals surface area (Å²) < 4.78 is 10.7. The van der Waals surface area contributed by atoms with E-state index in [1.165, 1.54) is 0 Å². The number of ether oxygens (including phenoxy) is 2. The minimum Gasteiger partial charge on any atom is -0.497 e. The predicted molar refractivity (Wildman–Crippen MR) is 84.1 cm³/mol. The van der Waals surface area contributed by atoms with Crippen molar-refractivity contribution in [3.8, 4) is 11.5 Å². The van der Waals surface area contributed by atoms with Gasteiger partial charge in [-0.2, -0.15) is 0 Å². The van der Waals surface area contributed by atoms with Crippen molar-refractivity contribution in [2.75, 3.05) is 14.2 Å². The Kier molecular flexibility index (Phi) is 4.86. The maximum absolute atomic E-state index is 10.5. The summed E-state index contributed by atoms with van der Waals surface area (Å²) >= 11 is 0. The lowest BCUT2D eigenvalue weighted by Gasteiger charge is -2.18. The standard InChI is InChI=1S/C18H22O3/c1-12-8-9-16(18(21-4)13(12)2)17(19)11-14-6-5-7-15(10-14)20-3/h5-10,17,19H,11H2,1-4H3. The van der Waals surface area contributed by atoms with Gasteiger partial charge in [-0.05, 0) is 42.7 Å². The molecule has 0 spiro atoms. The fourth-order valence-corrected chi connectivity index (χ4v) is 2.48. The minimum absolute atomic E-state index is 0.524. The molecule has 1 unspecified atom stereocenters. The van der Waals surface area contributed by atoms with E-state index in [2.05, 4.69) is 0 Å². The number of aliphatic hydroxyl groups is 1. The van der Waals surface area contributed by atoms with Gasteiger partial charge in [-0.3, -0.25) is 0 Å². The molecular formula is C18H22O3. The number of rotatable bonds is 5. The second kappa shape index (κ2) is 6.64. The highest BCUT2D eigenvalue weighted by Crippen LogP contribution is 2.32. The Labute approximate surface area is 126 Å². The molecule has 0 radical (unpaired) electrons. The quantitative estimate of drug-likeness (QED) is 0.912. The molecule has 0 heterocycles. The third-order valence-electron chi connectivity index (χ3n) is 3.83. The van der Waals surface area contributed by atoms with Crippen LogP contribution in [0.1, 0.15) is 28.4 Å². The van der Waals surface area contributed by atoms with E-state index in [4.69, 9.17) is 9.47 Å². The summed E-state index contributed by atoms with van der Waals surface area (Å²) in [7, 11) is 3.28. The third-order valence-corrected chi connectivity index (χ3v) is 3.83. The predicted octanol–water partition coefficient (Wildman–Crippen LogP) is 3.60. The Morgan fingerprint density at radius 3 is 2.48 bits per heavy atom. The van der Waals surface area contributed by atoms with Gasteiger partial charge < -0.3 is 14.6 Å². The normalized spacial score (nSPS) is 12.0. The molecule has 2 aromatic rings. The van der Waals surface area contributed by atoms with E-state index in [1.807, 2.05) is 50.2 Å². The number of benzene rings is 2. The van der Waals surface area contributed by atoms with Crippen molar-refractivity contribution in [1.82, 2.24) is 0 Å². The van der Waals surface area contributed by atoms with Gasteiger partial charge in [0.15, 0.2) is 0 Å². The van der Waals surface area contributed by atoms with E-state index in [-0.39, 0.29) is 0 Å². The largest absolute Gasteiger partial charge is 0.497 e. The van der Waals surface area contributed by atoms with Crippen molar-refractivity contribution in [3.63, 3.8) is 0 Å². The molecule has 0 saturated heterocycles. The zero-order valence-corrected chi connectivity index (χ0v) is 13.0. The molecule has 3 heteroatoms. The van der Waals surface area contributed by atoms with E-state index in [0.717, 1.165) is 33.8 Å². The van der Waals surface area contributed by atoms with Gasteiger partial charge in [-0.1, -0.05) is 24.3 Å². The molecule has 2 rings (SSSR count). The summed E-state index contributed by atoms with van der Waals surface area (Å²) in [6, 6.07) is 11.7. The summed E-state index contributed by atoms with van der Waals surface area (Å²) in [5.41, 5.74) is 4.08. The van der Waals surface area contributed by atoms with Gasteiger partial charge in [-0.25, -0.2) is 0 Å². The van der Waals surface area contributed by atoms with Crippen LogP contribution in [0.25, 0.3) is 0 Å². The van der Waals surface area contributed by atoms with Crippen molar-refractivity contribution in [1.29, 1.82) is 0 Å². The maximum atomic E-state index is 10.5. The minimum atomic E-state index is -0.605. The molecule has 21 heavy (non-hydrogen) atoms. The summed E-state index contributed by atoms with van der Waals surface area (Å²) in [6.45, 7) is 4.05. The summed E-state index contributed by atoms with van der Waals surface area (Å²) in [5, 5.41) is 10.5. The summed E-state index contributed by atoms with van der Waals surface area (Å²) in [4.78, 5) is 0. The number of hydrogen-bond acceptors (Lipinski definition) is 3. The lowest BCUT2D eigenvalue weighted by Crippen LogP contribution is -2.06. The highest BCUT2D eigenvalue weighted by atomic mass is 16.5. The fraction of sp³-hybridized carbons (Fsp3) is 0.333. The number of hydrogen-bond donors (Lipinski definition) is 1. The van der Waals surface area contributed by atoms with Crippen LogP contribution in [0.15, 0.2) is 36.4 Å². The van der Waals surface area contributed by atoms with E-state index in [0.29, 0.717) is 6.42 Å². The Bertz CT molecular complexity index is 620. The molecule has 0 amide bonds. The summed E-state index contributed by atoms with van der Waals surface area (Å²) in [5.74, 6) is 1.57. The topological polar surface area (TPSA) is 38.7 Å². The third kappa shape index (κ3) is 3.37. The zero-order valence-electron chi connectivity index (χ0n) is 13.0. The molecule has 2 aromatic carbocycles. The first-order valence-corrected chi connectivity index (χ1v) is 7.02. The van der Waals surface area contributed by atoms with Gasteiger partial charge in [0.25, 0.3) is 0 Å². The van der Waals surface area contributed by atoms with Crippen LogP contribution >= 0.6 is 0 Å². The molecule has 0 aliphatic carbocycles. The molecule has 0 bridgehead atoms. The highest BCUT2D eigenvalue weighted by molar-refractivity contribution is 5.46. The van der Waals surface area contributed by atoms with E-state index in [9.17, 15) is 5.11 Å². The van der Waals surface area contributed by atoms with E-state index < -0.39 is 6.10 Å². The Hall–Kier alpha value is -2.00. The van der Waals surface area contributed by atoms with Crippen LogP contribution in [0, 0.1) is 13.8 Å². The van der Waals surface area contributed by atoms with Crippen LogP contribution in [-0.4, -0.2) is 19.3 Å². The molecule has 0 aliphatic rings. The first kappa shape index (κ1) is 15.4. The SMILES string of the molecule is COc1cccc(CC(O)c2ccc(C)c(C)c2OC)c1. The first-order chi connectivity index (χ1) is 10.1. The van der Waals surface area contributed by atoms with E-state index in [1.54, 1.807) is 14.2 Å². The second-order valence-electron chi connectivity index (χ2n) is 5.20. The van der Waals surface area contributed by atoms with Gasteiger partial charge in [0.05, 0.1) is 20.3 Å². The second-order valence-corrected chi connectivity index (χ2v) is 5.20. The Morgan fingerprint density at radius 2 is 1.81 bits per heavy atom. The van der Waals surface area contributed by atoms with Crippen LogP contribution in [-0.2, 0) is 6.42 Å². The molecule has 0 aromatic heterocycles. The smallest absolute Gasteiger partial charge is 0.127 e. The monoisotopic (exact) mass is 286 g/mol. The Morgan fingerprint density at radius 1 is 1.05 bits per heavy atom. The average molecular weight is 286 g/mol. The fourth-order valence-electron chi connectivity index (χ4n) is 2.48. The summed E-state index contributed by atoms with van der Waals surface area (Å²) in [6.07, 6.45) is -0.0814. The van der Waals surface area contributed by atoms with Crippen molar-refractivity contribution in [2.24, 2.45) is 0 Å². The van der Waals surface area contributed by atoms with Crippen molar-refractivity contribution in [2.45, 2.75) is 26.4 Å². The average Bonchev–Trinajstić information content (AvgIpc) is 2.49. The number of methoxy groups -OCH3 is 2. The van der Waals surface area contributed by atoms with Crippen LogP contribution < -0.4 is 9.47 Å². The number of aryl methyl sites for hydroxylation is 1. The lowest BCUT2D eigenvalue weighted by atomic mass is 9.96. The van der Waals surface area contributed by atoms with Crippen LogP contribution in [0.4, 0.5) is 0 Å². The van der Waals surface area contributed by atoms with Crippen molar-refractivity contribution < 1.29 is 14.6 Å². The van der Waals surface area contributed by atoms with Gasteiger partial charge in [0, 0.05) is 12.0 Å². The van der Waals surface area contributed by atoms with Crippen molar-refractivity contribution >= 4 is 0 Å². The highest BCUT2D eigenvalue weighted by Gasteiger charge is 2.16. The van der Waals surface area contributed by atoms with Crippen LogP contribution in [0.5, 0.6) is 11.5 Å². The molecule has 112 valence electrons. The molecule has 3 nitrogen and oxygen atoms in total. The Balaban J connectivity index is 2.27. The number of aliphatic hydroxyl groups excluding tert-OH is 1. The van der Waals surface area contributed by atoms with E-state index >= 15 is 0 Å². The zero-order chi connectivity index (χ0) is 15.4. The molecule has 1 N–H and O–H groups in total. The maximum Gasteiger partial charge on any atom is 0.127 e. The lowest BCUT2D eigenvalue weighted by molar-refractivity contribution is 0.173. The molecule has 0 fully saturated rings. The molecule has 0 saturated carbocycles. The van der Waals surface area contributed by atoms with Crippen LogP contribution in [0.3, 0.4) is 0 Å². The van der Waals surface area contributed by atoms with Gasteiger partial charge >= 0.3 is 0 Å². The van der Waals surface area contributed by atoms with Gasteiger partial charge in [-0.15, -0.1) is 0 Å². The molecular weight excluding hydrogens is 264 g/mol. The molecule has 0 aliphatic heterocycles.